The van der Waals surface area contributed by atoms with Crippen LogP contribution in [0.25, 0.3) is 11.5 Å². The minimum Gasteiger partial charge on any atom is -0.492 e. The van der Waals surface area contributed by atoms with Crippen molar-refractivity contribution in [2.75, 3.05) is 39.5 Å². The summed E-state index contributed by atoms with van der Waals surface area (Å²) in [6.45, 7) is 11.3. The molecule has 7 nitrogen and oxygen atoms in total. The Labute approximate surface area is 160 Å². The van der Waals surface area contributed by atoms with Crippen molar-refractivity contribution in [1.29, 1.82) is 0 Å². The molecule has 0 atom stereocenters. The fourth-order valence-corrected chi connectivity index (χ4v) is 3.14. The second kappa shape index (κ2) is 7.56. The average Bonchev–Trinajstić information content (AvgIpc) is 3.36. The van der Waals surface area contributed by atoms with Gasteiger partial charge in [-0.1, -0.05) is 25.9 Å². The zero-order valence-corrected chi connectivity index (χ0v) is 16.4. The Bertz CT molecular complexity index is 774. The van der Waals surface area contributed by atoms with Gasteiger partial charge in [-0.2, -0.15) is 4.98 Å². The predicted octanol–water partition coefficient (Wildman–Crippen LogP) is 3.02. The predicted molar refractivity (Wildman–Crippen MR) is 101 cm³/mol. The molecule has 2 aromatic rings. The third kappa shape index (κ3) is 4.47. The van der Waals surface area contributed by atoms with Crippen LogP contribution in [-0.4, -0.2) is 59.5 Å². The first-order valence-corrected chi connectivity index (χ1v) is 9.78. The highest BCUT2D eigenvalue weighted by Gasteiger charge is 2.29. The molecule has 2 fully saturated rings. The fourth-order valence-electron chi connectivity index (χ4n) is 3.14. The van der Waals surface area contributed by atoms with Crippen molar-refractivity contribution >= 4 is 0 Å². The maximum atomic E-state index is 6.17. The largest absolute Gasteiger partial charge is 0.492 e. The lowest BCUT2D eigenvalue weighted by Crippen LogP contribution is -2.38. The monoisotopic (exact) mass is 372 g/mol. The molecular weight excluding hydrogens is 344 g/mol. The molecule has 2 aromatic heterocycles. The van der Waals surface area contributed by atoms with Crippen LogP contribution >= 0.6 is 0 Å². The molecule has 7 heteroatoms. The van der Waals surface area contributed by atoms with E-state index in [4.69, 9.17) is 14.0 Å². The summed E-state index contributed by atoms with van der Waals surface area (Å²) in [4.78, 5) is 11.5. The van der Waals surface area contributed by atoms with Crippen LogP contribution < -0.4 is 4.74 Å². The average molecular weight is 372 g/mol. The number of aromatic nitrogens is 3. The van der Waals surface area contributed by atoms with Gasteiger partial charge in [-0.3, -0.25) is 9.88 Å². The molecule has 0 spiro atoms. The van der Waals surface area contributed by atoms with E-state index in [9.17, 15) is 0 Å². The van der Waals surface area contributed by atoms with E-state index < -0.39 is 0 Å². The van der Waals surface area contributed by atoms with Crippen LogP contribution in [0.4, 0.5) is 0 Å². The van der Waals surface area contributed by atoms with E-state index in [1.165, 1.54) is 18.4 Å². The van der Waals surface area contributed by atoms with Gasteiger partial charge in [-0.25, -0.2) is 0 Å². The van der Waals surface area contributed by atoms with Crippen LogP contribution in [0.3, 0.4) is 0 Å². The number of hydrogen-bond donors (Lipinski definition) is 0. The quantitative estimate of drug-likeness (QED) is 0.771. The molecule has 27 heavy (non-hydrogen) atoms. The third-order valence-corrected chi connectivity index (χ3v) is 4.98. The SMILES string of the molecule is CC(C)(C)c1nc(-c2cc(OCCN3CCOCC3)c(C3CC3)cn2)no1. The summed E-state index contributed by atoms with van der Waals surface area (Å²) < 4.78 is 17.0. The van der Waals surface area contributed by atoms with E-state index in [1.54, 1.807) is 0 Å². The molecule has 1 aliphatic carbocycles. The van der Waals surface area contributed by atoms with Gasteiger partial charge in [-0.05, 0) is 18.8 Å². The zero-order chi connectivity index (χ0) is 18.9. The van der Waals surface area contributed by atoms with E-state index in [0.717, 1.165) is 38.6 Å². The first kappa shape index (κ1) is 18.4. The van der Waals surface area contributed by atoms with Crippen LogP contribution in [0.15, 0.2) is 16.8 Å². The number of morpholine rings is 1. The van der Waals surface area contributed by atoms with E-state index in [-0.39, 0.29) is 5.41 Å². The molecule has 0 N–H and O–H groups in total. The van der Waals surface area contributed by atoms with Gasteiger partial charge in [-0.15, -0.1) is 0 Å². The molecule has 1 aliphatic heterocycles. The molecule has 1 saturated carbocycles. The molecule has 3 heterocycles. The smallest absolute Gasteiger partial charge is 0.232 e. The number of hydrogen-bond acceptors (Lipinski definition) is 7. The van der Waals surface area contributed by atoms with E-state index in [0.29, 0.717) is 29.9 Å². The Morgan fingerprint density at radius 3 is 2.67 bits per heavy atom. The first-order valence-electron chi connectivity index (χ1n) is 9.78. The molecule has 146 valence electrons. The zero-order valence-electron chi connectivity index (χ0n) is 16.4. The van der Waals surface area contributed by atoms with E-state index in [2.05, 4.69) is 20.0 Å². The molecule has 4 rings (SSSR count). The van der Waals surface area contributed by atoms with Crippen LogP contribution in [0.5, 0.6) is 5.75 Å². The van der Waals surface area contributed by atoms with Gasteiger partial charge in [0, 0.05) is 42.9 Å². The summed E-state index contributed by atoms with van der Waals surface area (Å²) in [5.74, 6) is 2.60. The van der Waals surface area contributed by atoms with Crippen molar-refractivity contribution < 1.29 is 14.0 Å². The Morgan fingerprint density at radius 1 is 1.22 bits per heavy atom. The molecule has 0 bridgehead atoms. The van der Waals surface area contributed by atoms with Gasteiger partial charge in [0.05, 0.1) is 13.2 Å². The minimum atomic E-state index is -0.184. The van der Waals surface area contributed by atoms with Crippen LogP contribution in [0.2, 0.25) is 0 Å². The Kier molecular flexibility index (Phi) is 5.14. The van der Waals surface area contributed by atoms with Crippen LogP contribution in [0.1, 0.15) is 51.0 Å². The Morgan fingerprint density at radius 2 is 2.00 bits per heavy atom. The molecule has 0 aromatic carbocycles. The molecule has 0 unspecified atom stereocenters. The van der Waals surface area contributed by atoms with Crippen molar-refractivity contribution in [1.82, 2.24) is 20.0 Å². The van der Waals surface area contributed by atoms with Gasteiger partial charge in [0.1, 0.15) is 18.1 Å². The van der Waals surface area contributed by atoms with Crippen molar-refractivity contribution in [2.24, 2.45) is 0 Å². The summed E-state index contributed by atoms with van der Waals surface area (Å²) in [5, 5.41) is 4.11. The summed E-state index contributed by atoms with van der Waals surface area (Å²) in [6.07, 6.45) is 4.33. The number of rotatable bonds is 6. The maximum Gasteiger partial charge on any atom is 0.232 e. The van der Waals surface area contributed by atoms with Crippen molar-refractivity contribution in [3.05, 3.63) is 23.7 Å². The van der Waals surface area contributed by atoms with Gasteiger partial charge < -0.3 is 14.0 Å². The van der Waals surface area contributed by atoms with Gasteiger partial charge in [0.2, 0.25) is 11.7 Å². The standard InChI is InChI=1S/C20H28N4O3/c1-20(2,3)19-22-18(23-27-19)16-12-17(15(13-21-16)14-4-5-14)26-11-8-24-6-9-25-10-7-24/h12-14H,4-11H2,1-3H3. The summed E-state index contributed by atoms with van der Waals surface area (Å²) >= 11 is 0. The molecule has 2 aliphatic rings. The van der Waals surface area contributed by atoms with Gasteiger partial charge in [0.25, 0.3) is 0 Å². The Balaban J connectivity index is 1.49. The Hall–Kier alpha value is -1.99. The highest BCUT2D eigenvalue weighted by atomic mass is 16.5. The summed E-state index contributed by atoms with van der Waals surface area (Å²) in [6, 6.07) is 1.96. The third-order valence-electron chi connectivity index (χ3n) is 4.98. The molecule has 0 amide bonds. The molecular formula is C20H28N4O3. The van der Waals surface area contributed by atoms with E-state index in [1.807, 2.05) is 33.0 Å². The van der Waals surface area contributed by atoms with Gasteiger partial charge >= 0.3 is 0 Å². The van der Waals surface area contributed by atoms with Crippen LogP contribution in [-0.2, 0) is 10.2 Å². The molecule has 1 saturated heterocycles. The molecule has 0 radical (unpaired) electrons. The highest BCUT2D eigenvalue weighted by Crippen LogP contribution is 2.44. The van der Waals surface area contributed by atoms with Crippen LogP contribution in [0, 0.1) is 0 Å². The lowest BCUT2D eigenvalue weighted by atomic mass is 9.97. The summed E-state index contributed by atoms with van der Waals surface area (Å²) in [5.41, 5.74) is 1.71. The normalized spacial score (nSPS) is 18.6. The lowest BCUT2D eigenvalue weighted by molar-refractivity contribution is 0.0322. The number of ether oxygens (including phenoxy) is 2. The van der Waals surface area contributed by atoms with E-state index >= 15 is 0 Å². The lowest BCUT2D eigenvalue weighted by Gasteiger charge is -2.26. The van der Waals surface area contributed by atoms with Crippen molar-refractivity contribution in [3.8, 4) is 17.3 Å². The second-order valence-corrected chi connectivity index (χ2v) is 8.36. The number of nitrogens with zero attached hydrogens (tertiary/aromatic N) is 4. The van der Waals surface area contributed by atoms with Crippen molar-refractivity contribution in [2.45, 2.75) is 44.9 Å². The first-order chi connectivity index (χ1) is 13.0. The summed E-state index contributed by atoms with van der Waals surface area (Å²) in [7, 11) is 0. The van der Waals surface area contributed by atoms with Crippen molar-refractivity contribution in [3.63, 3.8) is 0 Å². The van der Waals surface area contributed by atoms with Gasteiger partial charge in [0.15, 0.2) is 0 Å². The topological polar surface area (TPSA) is 73.5 Å². The maximum absolute atomic E-state index is 6.17. The minimum absolute atomic E-state index is 0.184. The second-order valence-electron chi connectivity index (χ2n) is 8.36. The fraction of sp³-hybridized carbons (Fsp3) is 0.650. The highest BCUT2D eigenvalue weighted by molar-refractivity contribution is 5.54. The number of pyridine rings is 1.